The van der Waals surface area contributed by atoms with E-state index in [9.17, 15) is 24.2 Å². The van der Waals surface area contributed by atoms with E-state index >= 15 is 0 Å². The molecular formula is C21H14FNO5S. The van der Waals surface area contributed by atoms with Crippen LogP contribution >= 0.6 is 11.3 Å². The maximum atomic E-state index is 14.4. The number of para-hydroxylation sites is 1. The van der Waals surface area contributed by atoms with E-state index in [1.807, 2.05) is 0 Å². The second-order valence-electron chi connectivity index (χ2n) is 6.37. The van der Waals surface area contributed by atoms with Crippen LogP contribution in [0.4, 0.5) is 10.1 Å². The Balaban J connectivity index is 1.74. The molecule has 6 nitrogen and oxygen atoms in total. The van der Waals surface area contributed by atoms with E-state index in [4.69, 9.17) is 4.42 Å². The summed E-state index contributed by atoms with van der Waals surface area (Å²) in [6.07, 6.45) is 0. The normalized spacial score (nSPS) is 11.0. The number of carboxylic acid groups (broad SMARTS) is 1. The van der Waals surface area contributed by atoms with Gasteiger partial charge in [0.1, 0.15) is 17.0 Å². The third-order valence-corrected chi connectivity index (χ3v) is 5.41. The molecule has 2 aromatic heterocycles. The number of aromatic hydroxyl groups is 1. The zero-order valence-corrected chi connectivity index (χ0v) is 15.8. The molecule has 0 fully saturated rings. The van der Waals surface area contributed by atoms with E-state index in [1.165, 1.54) is 17.5 Å². The maximum Gasteiger partial charge on any atom is 0.339 e. The van der Waals surface area contributed by atoms with Gasteiger partial charge in [0.25, 0.3) is 5.91 Å². The minimum atomic E-state index is -1.31. The molecule has 8 heteroatoms. The predicted octanol–water partition coefficient (Wildman–Crippen LogP) is 5.26. The molecule has 146 valence electrons. The molecule has 0 aliphatic carbocycles. The number of halogens is 1. The summed E-state index contributed by atoms with van der Waals surface area (Å²) >= 11 is 0.995. The summed E-state index contributed by atoms with van der Waals surface area (Å²) in [5, 5.41) is 24.1. The molecule has 0 aliphatic rings. The number of amides is 1. The van der Waals surface area contributed by atoms with Crippen molar-refractivity contribution in [2.45, 2.75) is 6.92 Å². The van der Waals surface area contributed by atoms with Crippen molar-refractivity contribution in [2.24, 2.45) is 0 Å². The molecule has 0 atom stereocenters. The highest BCUT2D eigenvalue weighted by Gasteiger charge is 2.26. The van der Waals surface area contributed by atoms with Crippen molar-refractivity contribution in [3.63, 3.8) is 0 Å². The Bertz CT molecular complexity index is 1270. The summed E-state index contributed by atoms with van der Waals surface area (Å²) in [6, 6.07) is 11.0. The van der Waals surface area contributed by atoms with Crippen LogP contribution in [0.2, 0.25) is 0 Å². The average Bonchev–Trinajstić information content (AvgIpc) is 3.23. The quantitative estimate of drug-likeness (QED) is 0.425. The third-order valence-electron chi connectivity index (χ3n) is 4.40. The molecule has 0 saturated carbocycles. The molecule has 0 bridgehead atoms. The fourth-order valence-corrected chi connectivity index (χ4v) is 4.05. The summed E-state index contributed by atoms with van der Waals surface area (Å²) in [4.78, 5) is 24.6. The molecule has 2 heterocycles. The summed E-state index contributed by atoms with van der Waals surface area (Å²) in [7, 11) is 0. The lowest BCUT2D eigenvalue weighted by atomic mass is 10.1. The number of benzene rings is 2. The molecular weight excluding hydrogens is 397 g/mol. The van der Waals surface area contributed by atoms with Crippen LogP contribution in [0.25, 0.3) is 21.4 Å². The van der Waals surface area contributed by atoms with E-state index in [0.717, 1.165) is 11.3 Å². The van der Waals surface area contributed by atoms with Crippen molar-refractivity contribution in [1.82, 2.24) is 0 Å². The van der Waals surface area contributed by atoms with Gasteiger partial charge in [0, 0.05) is 10.9 Å². The number of nitrogens with one attached hydrogen (secondary N) is 1. The number of fused-ring (bicyclic) bond motifs is 1. The van der Waals surface area contributed by atoms with E-state index in [2.05, 4.69) is 5.32 Å². The van der Waals surface area contributed by atoms with Crippen LogP contribution in [-0.4, -0.2) is 22.1 Å². The molecule has 4 aromatic rings. The standard InChI is InChI=1S/C21H14FNO5S/c1-10-6-7-11(13(22)8-10)19-16(21(26)27)14(9-29-19)23-20(25)18-17(24)12-4-2-3-5-15(12)28-18/h2-9,24H,1H3,(H,23,25)(H,26,27). The van der Waals surface area contributed by atoms with Gasteiger partial charge in [-0.2, -0.15) is 0 Å². The smallest absolute Gasteiger partial charge is 0.339 e. The van der Waals surface area contributed by atoms with Gasteiger partial charge in [0.2, 0.25) is 5.76 Å². The van der Waals surface area contributed by atoms with E-state index in [1.54, 1.807) is 37.3 Å². The Morgan fingerprint density at radius 1 is 1.17 bits per heavy atom. The Morgan fingerprint density at radius 3 is 2.62 bits per heavy atom. The van der Waals surface area contributed by atoms with Crippen LogP contribution in [0.5, 0.6) is 5.75 Å². The molecule has 0 aliphatic heterocycles. The highest BCUT2D eigenvalue weighted by Crippen LogP contribution is 2.38. The number of furan rings is 1. The lowest BCUT2D eigenvalue weighted by Gasteiger charge is -2.06. The summed E-state index contributed by atoms with van der Waals surface area (Å²) < 4.78 is 19.8. The minimum absolute atomic E-state index is 0.0117. The molecule has 0 unspecified atom stereocenters. The van der Waals surface area contributed by atoms with Crippen LogP contribution < -0.4 is 5.32 Å². The first kappa shape index (κ1) is 18.7. The van der Waals surface area contributed by atoms with Crippen LogP contribution in [-0.2, 0) is 0 Å². The average molecular weight is 411 g/mol. The zero-order chi connectivity index (χ0) is 20.7. The maximum absolute atomic E-state index is 14.4. The number of thiophene rings is 1. The number of carboxylic acids is 1. The number of hydrogen-bond donors (Lipinski definition) is 3. The SMILES string of the molecule is Cc1ccc(-c2scc(NC(=O)c3oc4ccccc4c3O)c2C(=O)O)c(F)c1. The number of hydrogen-bond acceptors (Lipinski definition) is 5. The van der Waals surface area contributed by atoms with Crippen molar-refractivity contribution >= 4 is 39.9 Å². The van der Waals surface area contributed by atoms with Crippen molar-refractivity contribution in [3.05, 3.63) is 70.5 Å². The highest BCUT2D eigenvalue weighted by molar-refractivity contribution is 7.14. The fraction of sp³-hybridized carbons (Fsp3) is 0.0476. The lowest BCUT2D eigenvalue weighted by molar-refractivity contribution is 0.0699. The summed E-state index contributed by atoms with van der Waals surface area (Å²) in [6.45, 7) is 1.73. The van der Waals surface area contributed by atoms with Gasteiger partial charge < -0.3 is 19.9 Å². The van der Waals surface area contributed by atoms with Crippen molar-refractivity contribution < 1.29 is 28.6 Å². The molecule has 2 aromatic carbocycles. The Kier molecular flexibility index (Phi) is 4.56. The van der Waals surface area contributed by atoms with Gasteiger partial charge in [0.15, 0.2) is 5.75 Å². The van der Waals surface area contributed by atoms with Crippen molar-refractivity contribution in [1.29, 1.82) is 0 Å². The first-order chi connectivity index (χ1) is 13.9. The molecule has 0 spiro atoms. The second kappa shape index (κ2) is 7.06. The zero-order valence-electron chi connectivity index (χ0n) is 15.0. The minimum Gasteiger partial charge on any atom is -0.504 e. The number of anilines is 1. The van der Waals surface area contributed by atoms with E-state index in [0.29, 0.717) is 16.5 Å². The lowest BCUT2D eigenvalue weighted by Crippen LogP contribution is -2.13. The summed E-state index contributed by atoms with van der Waals surface area (Å²) in [5.41, 5.74) is 0.907. The van der Waals surface area contributed by atoms with Gasteiger partial charge in [0.05, 0.1) is 16.0 Å². The molecule has 0 saturated heterocycles. The largest absolute Gasteiger partial charge is 0.504 e. The Morgan fingerprint density at radius 2 is 1.93 bits per heavy atom. The molecule has 4 rings (SSSR count). The predicted molar refractivity (Wildman–Crippen MR) is 107 cm³/mol. The molecule has 1 amide bonds. The van der Waals surface area contributed by atoms with Crippen LogP contribution in [0.1, 0.15) is 26.5 Å². The molecule has 29 heavy (non-hydrogen) atoms. The summed E-state index contributed by atoms with van der Waals surface area (Å²) in [5.74, 6) is -3.35. The van der Waals surface area contributed by atoms with Gasteiger partial charge in [-0.3, -0.25) is 4.79 Å². The van der Waals surface area contributed by atoms with E-state index < -0.39 is 17.7 Å². The number of aromatic carboxylic acids is 1. The van der Waals surface area contributed by atoms with Gasteiger partial charge in [-0.1, -0.05) is 24.3 Å². The third kappa shape index (κ3) is 3.23. The number of aryl methyl sites for hydroxylation is 1. The van der Waals surface area contributed by atoms with Crippen molar-refractivity contribution in [2.75, 3.05) is 5.32 Å². The number of rotatable bonds is 4. The first-order valence-corrected chi connectivity index (χ1v) is 9.38. The Hall–Kier alpha value is -3.65. The van der Waals surface area contributed by atoms with Gasteiger partial charge >= 0.3 is 5.97 Å². The fourth-order valence-electron chi connectivity index (χ4n) is 3.03. The van der Waals surface area contributed by atoms with Crippen LogP contribution in [0.3, 0.4) is 0 Å². The molecule has 0 radical (unpaired) electrons. The van der Waals surface area contributed by atoms with E-state index in [-0.39, 0.29) is 33.2 Å². The topological polar surface area (TPSA) is 99.8 Å². The number of carbonyl (C=O) groups is 2. The van der Waals surface area contributed by atoms with Crippen LogP contribution in [0, 0.1) is 12.7 Å². The van der Waals surface area contributed by atoms with Gasteiger partial charge in [-0.25, -0.2) is 9.18 Å². The number of carbonyl (C=O) groups excluding carboxylic acids is 1. The van der Waals surface area contributed by atoms with Crippen LogP contribution in [0.15, 0.2) is 52.3 Å². The van der Waals surface area contributed by atoms with Gasteiger partial charge in [-0.15, -0.1) is 11.3 Å². The second-order valence-corrected chi connectivity index (χ2v) is 7.25. The highest BCUT2D eigenvalue weighted by atomic mass is 32.1. The monoisotopic (exact) mass is 411 g/mol. The molecule has 3 N–H and O–H groups in total. The van der Waals surface area contributed by atoms with Gasteiger partial charge in [-0.05, 0) is 30.7 Å². The first-order valence-electron chi connectivity index (χ1n) is 8.50. The Labute approximate surface area is 167 Å². The van der Waals surface area contributed by atoms with Crippen molar-refractivity contribution in [3.8, 4) is 16.2 Å².